The van der Waals surface area contributed by atoms with E-state index in [2.05, 4.69) is 36.4 Å². The number of aromatic nitrogens is 4. The van der Waals surface area contributed by atoms with Crippen molar-refractivity contribution in [2.24, 2.45) is 0 Å². The molecule has 3 heterocycles. The molecular weight excluding hydrogens is 486 g/mol. The Bertz CT molecular complexity index is 1170. The van der Waals surface area contributed by atoms with Crippen LogP contribution >= 0.6 is 39.0 Å². The lowest BCUT2D eigenvalue weighted by Crippen LogP contribution is -2.14. The summed E-state index contributed by atoms with van der Waals surface area (Å²) in [6.07, 6.45) is 0. The Balaban J connectivity index is 1.39. The fourth-order valence-corrected chi connectivity index (χ4v) is 4.62. The number of amides is 1. The number of carbonyl (C=O) groups is 1. The van der Waals surface area contributed by atoms with Gasteiger partial charge in [0.25, 0.3) is 0 Å². The van der Waals surface area contributed by atoms with Gasteiger partial charge in [-0.25, -0.2) is 4.98 Å². The van der Waals surface area contributed by atoms with Gasteiger partial charge in [0, 0.05) is 17.5 Å². The molecule has 4 aromatic rings. The van der Waals surface area contributed by atoms with Gasteiger partial charge in [0.2, 0.25) is 11.7 Å². The van der Waals surface area contributed by atoms with Crippen molar-refractivity contribution in [3.8, 4) is 22.8 Å². The normalized spacial score (nSPS) is 11.0. The van der Waals surface area contributed by atoms with Crippen LogP contribution in [-0.2, 0) is 11.3 Å². The van der Waals surface area contributed by atoms with Crippen molar-refractivity contribution in [2.75, 3.05) is 11.1 Å². The highest BCUT2D eigenvalue weighted by Gasteiger charge is 2.17. The Labute approximate surface area is 190 Å². The van der Waals surface area contributed by atoms with Crippen molar-refractivity contribution in [1.82, 2.24) is 19.7 Å². The van der Waals surface area contributed by atoms with E-state index in [1.54, 1.807) is 0 Å². The molecule has 0 atom stereocenters. The number of rotatable bonds is 7. The zero-order chi connectivity index (χ0) is 21.1. The minimum Gasteiger partial charge on any atom is -0.446 e. The van der Waals surface area contributed by atoms with Crippen LogP contribution in [0.15, 0.2) is 56.0 Å². The Morgan fingerprint density at radius 1 is 1.23 bits per heavy atom. The smallest absolute Gasteiger partial charge is 0.236 e. The molecule has 1 N–H and O–H groups in total. The number of aryl methyl sites for hydroxylation is 1. The number of anilines is 1. The quantitative estimate of drug-likeness (QED) is 0.336. The van der Waals surface area contributed by atoms with Gasteiger partial charge in [0.05, 0.1) is 11.4 Å². The summed E-state index contributed by atoms with van der Waals surface area (Å²) in [5, 5.41) is 14.5. The fraction of sp³-hybridized carbons (Fsp3) is 0.200. The number of hydrogen-bond donors (Lipinski definition) is 1. The molecule has 1 amide bonds. The zero-order valence-electron chi connectivity index (χ0n) is 16.3. The van der Waals surface area contributed by atoms with E-state index in [9.17, 15) is 4.79 Å². The van der Waals surface area contributed by atoms with Gasteiger partial charge in [0.15, 0.2) is 20.7 Å². The molecule has 0 fully saturated rings. The predicted octanol–water partition coefficient (Wildman–Crippen LogP) is 5.48. The summed E-state index contributed by atoms with van der Waals surface area (Å²) >= 11 is 6.03. The molecule has 0 spiro atoms. The van der Waals surface area contributed by atoms with Crippen LogP contribution in [0.2, 0.25) is 0 Å². The second-order valence-corrected chi connectivity index (χ2v) is 8.98. The van der Waals surface area contributed by atoms with E-state index < -0.39 is 0 Å². The van der Waals surface area contributed by atoms with Gasteiger partial charge in [-0.3, -0.25) is 9.36 Å². The first-order chi connectivity index (χ1) is 14.5. The van der Waals surface area contributed by atoms with Gasteiger partial charge in [-0.1, -0.05) is 41.6 Å². The van der Waals surface area contributed by atoms with Gasteiger partial charge in [-0.05, 0) is 41.9 Å². The first-order valence-corrected chi connectivity index (χ1v) is 11.8. The van der Waals surface area contributed by atoms with Gasteiger partial charge in [-0.2, -0.15) is 0 Å². The minimum atomic E-state index is -0.141. The highest BCUT2D eigenvalue weighted by atomic mass is 79.9. The maximum atomic E-state index is 12.4. The topological polar surface area (TPSA) is 85.8 Å². The second kappa shape index (κ2) is 9.15. The molecule has 0 saturated carbocycles. The van der Waals surface area contributed by atoms with Crippen LogP contribution in [0.3, 0.4) is 0 Å². The molecular formula is C20H18BrN5O2S2. The van der Waals surface area contributed by atoms with Crippen LogP contribution in [-0.4, -0.2) is 31.4 Å². The molecule has 0 aliphatic rings. The summed E-state index contributed by atoms with van der Waals surface area (Å²) in [6.45, 7) is 4.71. The van der Waals surface area contributed by atoms with Crippen molar-refractivity contribution in [3.05, 3.63) is 52.0 Å². The molecule has 0 bridgehead atoms. The second-order valence-electron chi connectivity index (χ2n) is 6.39. The average Bonchev–Trinajstić information content (AvgIpc) is 3.46. The fourth-order valence-electron chi connectivity index (χ4n) is 2.77. The third kappa shape index (κ3) is 4.66. The molecule has 4 rings (SSSR count). The van der Waals surface area contributed by atoms with Crippen LogP contribution in [0.1, 0.15) is 12.5 Å². The Morgan fingerprint density at radius 2 is 2.03 bits per heavy atom. The Hall–Kier alpha value is -2.43. The molecule has 7 nitrogen and oxygen atoms in total. The minimum absolute atomic E-state index is 0.141. The molecule has 0 unspecified atom stereocenters. The molecule has 10 heteroatoms. The number of benzene rings is 1. The number of carbonyl (C=O) groups excluding carboxylic acids is 1. The molecule has 1 aromatic carbocycles. The van der Waals surface area contributed by atoms with Crippen LogP contribution in [0.5, 0.6) is 0 Å². The number of thiazole rings is 1. The summed E-state index contributed by atoms with van der Waals surface area (Å²) in [7, 11) is 0. The largest absolute Gasteiger partial charge is 0.446 e. The van der Waals surface area contributed by atoms with Gasteiger partial charge < -0.3 is 9.73 Å². The monoisotopic (exact) mass is 503 g/mol. The van der Waals surface area contributed by atoms with Crippen molar-refractivity contribution < 1.29 is 9.21 Å². The van der Waals surface area contributed by atoms with Crippen molar-refractivity contribution in [2.45, 2.75) is 25.5 Å². The molecule has 0 aliphatic heterocycles. The average molecular weight is 504 g/mol. The molecule has 3 aromatic heterocycles. The SMILES string of the molecule is CCn1c(SCC(=O)Nc2nc(-c3ccc(C)cc3)cs2)nnc1-c1ccc(Br)o1. The number of thioether (sulfide) groups is 1. The van der Waals surface area contributed by atoms with E-state index >= 15 is 0 Å². The summed E-state index contributed by atoms with van der Waals surface area (Å²) in [5.41, 5.74) is 3.07. The lowest BCUT2D eigenvalue weighted by molar-refractivity contribution is -0.113. The molecule has 0 radical (unpaired) electrons. The standard InChI is InChI=1S/C20H18BrN5O2S2/c1-3-26-18(15-8-9-16(21)28-15)24-25-20(26)30-11-17(27)23-19-22-14(10-29-19)13-6-4-12(2)5-7-13/h4-10H,3,11H2,1-2H3,(H,22,23,27). The van der Waals surface area contributed by atoms with Gasteiger partial charge in [-0.15, -0.1) is 21.5 Å². The van der Waals surface area contributed by atoms with E-state index in [1.807, 2.05) is 60.2 Å². The third-order valence-corrected chi connectivity index (χ3v) is 6.41. The summed E-state index contributed by atoms with van der Waals surface area (Å²) in [4.78, 5) is 16.9. The van der Waals surface area contributed by atoms with E-state index in [1.165, 1.54) is 28.7 Å². The van der Waals surface area contributed by atoms with Crippen molar-refractivity contribution in [3.63, 3.8) is 0 Å². The van der Waals surface area contributed by atoms with E-state index in [-0.39, 0.29) is 11.7 Å². The lowest BCUT2D eigenvalue weighted by Gasteiger charge is -2.05. The summed E-state index contributed by atoms with van der Waals surface area (Å²) < 4.78 is 8.12. The number of furan rings is 1. The first-order valence-electron chi connectivity index (χ1n) is 9.17. The van der Waals surface area contributed by atoms with Crippen LogP contribution < -0.4 is 5.32 Å². The molecule has 0 aliphatic carbocycles. The molecule has 0 saturated heterocycles. The summed E-state index contributed by atoms with van der Waals surface area (Å²) in [6, 6.07) is 11.8. The number of nitrogens with zero attached hydrogens (tertiary/aromatic N) is 4. The lowest BCUT2D eigenvalue weighted by atomic mass is 10.1. The van der Waals surface area contributed by atoms with Crippen LogP contribution in [0.25, 0.3) is 22.8 Å². The Morgan fingerprint density at radius 3 is 2.73 bits per heavy atom. The maximum Gasteiger partial charge on any atom is 0.236 e. The van der Waals surface area contributed by atoms with Crippen molar-refractivity contribution in [1.29, 1.82) is 0 Å². The summed E-state index contributed by atoms with van der Waals surface area (Å²) in [5.74, 6) is 1.32. The molecule has 30 heavy (non-hydrogen) atoms. The van der Waals surface area contributed by atoms with Crippen molar-refractivity contribution >= 4 is 50.1 Å². The molecule has 154 valence electrons. The van der Waals surface area contributed by atoms with E-state index in [4.69, 9.17) is 4.42 Å². The van der Waals surface area contributed by atoms with Crippen LogP contribution in [0.4, 0.5) is 5.13 Å². The van der Waals surface area contributed by atoms with Gasteiger partial charge >= 0.3 is 0 Å². The number of halogens is 1. The highest BCUT2D eigenvalue weighted by molar-refractivity contribution is 9.10. The van der Waals surface area contributed by atoms with E-state index in [0.29, 0.717) is 33.1 Å². The number of hydrogen-bond acceptors (Lipinski definition) is 7. The number of nitrogens with one attached hydrogen (secondary N) is 1. The van der Waals surface area contributed by atoms with Gasteiger partial charge in [0.1, 0.15) is 0 Å². The van der Waals surface area contributed by atoms with E-state index in [0.717, 1.165) is 11.3 Å². The third-order valence-electron chi connectivity index (χ3n) is 4.26. The Kier molecular flexibility index (Phi) is 6.35. The zero-order valence-corrected chi connectivity index (χ0v) is 19.5. The highest BCUT2D eigenvalue weighted by Crippen LogP contribution is 2.28. The first kappa shape index (κ1) is 20.8. The van der Waals surface area contributed by atoms with Crippen LogP contribution in [0, 0.1) is 6.92 Å². The maximum absolute atomic E-state index is 12.4. The predicted molar refractivity (Wildman–Crippen MR) is 123 cm³/mol.